The minimum atomic E-state index is -0.541. The molecule has 2 aromatic rings. The van der Waals surface area contributed by atoms with E-state index in [1.807, 2.05) is 0 Å². The van der Waals surface area contributed by atoms with Gasteiger partial charge in [-0.25, -0.2) is 9.37 Å². The van der Waals surface area contributed by atoms with Gasteiger partial charge in [0, 0.05) is 19.7 Å². The smallest absolute Gasteiger partial charge is 0.300 e. The zero-order valence-electron chi connectivity index (χ0n) is 11.6. The summed E-state index contributed by atoms with van der Waals surface area (Å²) in [5, 5.41) is 0.138. The third-order valence-corrected chi connectivity index (χ3v) is 3.08. The third kappa shape index (κ3) is 3.66. The Morgan fingerprint density at radius 2 is 2.19 bits per heavy atom. The highest BCUT2D eigenvalue weighted by Gasteiger charge is 2.16. The molecule has 21 heavy (non-hydrogen) atoms. The summed E-state index contributed by atoms with van der Waals surface area (Å²) in [6, 6.07) is 6.36. The van der Waals surface area contributed by atoms with Crippen LogP contribution in [-0.4, -0.2) is 40.8 Å². The van der Waals surface area contributed by atoms with Crippen molar-refractivity contribution in [2.75, 3.05) is 14.1 Å². The lowest BCUT2D eigenvalue weighted by Crippen LogP contribution is -2.10. The van der Waals surface area contributed by atoms with Gasteiger partial charge in [0.25, 0.3) is 5.91 Å². The average molecular weight is 309 g/mol. The first-order valence-electron chi connectivity index (χ1n) is 6.18. The summed E-state index contributed by atoms with van der Waals surface area (Å²) in [5.74, 6) is -0.873. The molecule has 2 rings (SSSR count). The minimum absolute atomic E-state index is 0.0473. The summed E-state index contributed by atoms with van der Waals surface area (Å²) in [7, 11) is 3.49. The number of imidazole rings is 1. The number of amides is 1. The molecule has 1 aromatic carbocycles. The molecule has 0 unspecified atom stereocenters. The fourth-order valence-corrected chi connectivity index (χ4v) is 1.89. The van der Waals surface area contributed by atoms with Crippen LogP contribution in [-0.2, 0) is 6.54 Å². The van der Waals surface area contributed by atoms with Gasteiger partial charge in [0.15, 0.2) is 5.69 Å². The summed E-state index contributed by atoms with van der Waals surface area (Å²) >= 11 is 6.11. The molecular weight excluding hydrogens is 295 g/mol. The van der Waals surface area contributed by atoms with Crippen molar-refractivity contribution in [3.8, 4) is 0 Å². The van der Waals surface area contributed by atoms with Gasteiger partial charge in [-0.1, -0.05) is 29.8 Å². The molecule has 0 aliphatic rings. The van der Waals surface area contributed by atoms with E-state index in [1.165, 1.54) is 23.3 Å². The maximum Gasteiger partial charge on any atom is 0.300 e. The Balaban J connectivity index is 2.21. The molecule has 1 aromatic heterocycles. The Kier molecular flexibility index (Phi) is 4.70. The van der Waals surface area contributed by atoms with E-state index in [4.69, 9.17) is 11.6 Å². The molecule has 0 spiro atoms. The van der Waals surface area contributed by atoms with Crippen molar-refractivity contribution in [1.29, 1.82) is 0 Å². The summed E-state index contributed by atoms with van der Waals surface area (Å²) in [6.07, 6.45) is 2.77. The molecule has 0 saturated heterocycles. The SMILES string of the molecule is CN(C)C=NC(=O)c1ncn(Cc2ccccc2F)c1Cl. The monoisotopic (exact) mass is 308 g/mol. The van der Waals surface area contributed by atoms with E-state index in [-0.39, 0.29) is 23.2 Å². The highest BCUT2D eigenvalue weighted by atomic mass is 35.5. The van der Waals surface area contributed by atoms with Crippen LogP contribution in [0.2, 0.25) is 5.15 Å². The number of carbonyl (C=O) groups is 1. The summed E-state index contributed by atoms with van der Waals surface area (Å²) < 4.78 is 15.1. The molecule has 1 amide bonds. The number of nitrogens with zero attached hydrogens (tertiary/aromatic N) is 4. The number of aromatic nitrogens is 2. The maximum absolute atomic E-state index is 13.6. The van der Waals surface area contributed by atoms with Crippen molar-refractivity contribution in [2.24, 2.45) is 4.99 Å². The minimum Gasteiger partial charge on any atom is -0.369 e. The highest BCUT2D eigenvalue weighted by Crippen LogP contribution is 2.18. The molecule has 0 saturated carbocycles. The molecule has 1 heterocycles. The van der Waals surface area contributed by atoms with Crippen molar-refractivity contribution in [3.63, 3.8) is 0 Å². The highest BCUT2D eigenvalue weighted by molar-refractivity contribution is 6.32. The van der Waals surface area contributed by atoms with Gasteiger partial charge in [-0.2, -0.15) is 4.99 Å². The Morgan fingerprint density at radius 1 is 1.48 bits per heavy atom. The second kappa shape index (κ2) is 6.49. The number of aliphatic imine (C=N–C) groups is 1. The predicted molar refractivity (Wildman–Crippen MR) is 79.2 cm³/mol. The molecule has 0 atom stereocenters. The number of hydrogen-bond acceptors (Lipinski definition) is 2. The van der Waals surface area contributed by atoms with Gasteiger partial charge in [-0.15, -0.1) is 0 Å². The summed E-state index contributed by atoms with van der Waals surface area (Å²) in [4.78, 5) is 21.1. The fraction of sp³-hybridized carbons (Fsp3) is 0.214. The largest absolute Gasteiger partial charge is 0.369 e. The van der Waals surface area contributed by atoms with Crippen LogP contribution < -0.4 is 0 Å². The van der Waals surface area contributed by atoms with Gasteiger partial charge in [0.05, 0.1) is 19.2 Å². The van der Waals surface area contributed by atoms with Crippen LogP contribution in [0.4, 0.5) is 4.39 Å². The van der Waals surface area contributed by atoms with Crippen LogP contribution in [0.15, 0.2) is 35.6 Å². The molecule has 5 nitrogen and oxygen atoms in total. The zero-order valence-corrected chi connectivity index (χ0v) is 12.4. The normalized spacial score (nSPS) is 11.0. The molecule has 0 aliphatic heterocycles. The number of benzene rings is 1. The molecule has 0 N–H and O–H groups in total. The molecular formula is C14H14ClFN4O. The number of rotatable bonds is 4. The van der Waals surface area contributed by atoms with Gasteiger partial charge in [0.1, 0.15) is 11.0 Å². The number of halogens is 2. The zero-order chi connectivity index (χ0) is 15.4. The Morgan fingerprint density at radius 3 is 2.86 bits per heavy atom. The van der Waals surface area contributed by atoms with Crippen molar-refractivity contribution in [2.45, 2.75) is 6.54 Å². The molecule has 0 aliphatic carbocycles. The van der Waals surface area contributed by atoms with Crippen LogP contribution in [0.3, 0.4) is 0 Å². The van der Waals surface area contributed by atoms with Crippen LogP contribution in [0.25, 0.3) is 0 Å². The van der Waals surface area contributed by atoms with Crippen molar-refractivity contribution < 1.29 is 9.18 Å². The molecule has 0 fully saturated rings. The van der Waals surface area contributed by atoms with Gasteiger partial charge in [-0.05, 0) is 6.07 Å². The van der Waals surface area contributed by atoms with E-state index in [0.717, 1.165) is 0 Å². The lowest BCUT2D eigenvalue weighted by Gasteiger charge is -2.05. The maximum atomic E-state index is 13.6. The first-order chi connectivity index (χ1) is 9.99. The van der Waals surface area contributed by atoms with Crippen LogP contribution in [0.5, 0.6) is 0 Å². The van der Waals surface area contributed by atoms with Crippen molar-refractivity contribution in [3.05, 3.63) is 52.8 Å². The topological polar surface area (TPSA) is 50.5 Å². The van der Waals surface area contributed by atoms with Crippen LogP contribution >= 0.6 is 11.6 Å². The van der Waals surface area contributed by atoms with Gasteiger partial charge in [-0.3, -0.25) is 4.79 Å². The van der Waals surface area contributed by atoms with Gasteiger partial charge >= 0.3 is 0 Å². The molecule has 0 bridgehead atoms. The summed E-state index contributed by atoms with van der Waals surface area (Å²) in [5.41, 5.74) is 0.513. The van der Waals surface area contributed by atoms with E-state index in [9.17, 15) is 9.18 Å². The van der Waals surface area contributed by atoms with Crippen LogP contribution in [0.1, 0.15) is 16.1 Å². The lowest BCUT2D eigenvalue weighted by molar-refractivity contribution is 0.0998. The lowest BCUT2D eigenvalue weighted by atomic mass is 10.2. The first kappa shape index (κ1) is 15.2. The van der Waals surface area contributed by atoms with Gasteiger partial charge in [0.2, 0.25) is 0 Å². The van der Waals surface area contributed by atoms with E-state index in [0.29, 0.717) is 5.56 Å². The van der Waals surface area contributed by atoms with E-state index in [2.05, 4.69) is 9.98 Å². The second-order valence-corrected chi connectivity index (χ2v) is 4.97. The number of carbonyl (C=O) groups excluding carboxylic acids is 1. The number of hydrogen-bond donors (Lipinski definition) is 0. The molecule has 0 radical (unpaired) electrons. The second-order valence-electron chi connectivity index (χ2n) is 4.62. The van der Waals surface area contributed by atoms with E-state index < -0.39 is 5.91 Å². The van der Waals surface area contributed by atoms with E-state index in [1.54, 1.807) is 37.2 Å². The fourth-order valence-electron chi connectivity index (χ4n) is 1.66. The summed E-state index contributed by atoms with van der Waals surface area (Å²) in [6.45, 7) is 0.198. The Bertz CT molecular complexity index is 681. The van der Waals surface area contributed by atoms with Crippen molar-refractivity contribution in [1.82, 2.24) is 14.5 Å². The van der Waals surface area contributed by atoms with Crippen molar-refractivity contribution >= 4 is 23.8 Å². The third-order valence-electron chi connectivity index (χ3n) is 2.68. The quantitative estimate of drug-likeness (QED) is 0.644. The Hall–Kier alpha value is -2.21. The van der Waals surface area contributed by atoms with Crippen LogP contribution in [0, 0.1) is 5.82 Å². The first-order valence-corrected chi connectivity index (χ1v) is 6.56. The van der Waals surface area contributed by atoms with E-state index >= 15 is 0 Å². The average Bonchev–Trinajstić information content (AvgIpc) is 2.80. The standard InChI is InChI=1S/C14H14ClFN4O/c1-19(2)8-18-14(21)12-13(15)20(9-17-12)7-10-5-3-4-6-11(10)16/h3-6,8-9H,7H2,1-2H3. The predicted octanol–water partition coefficient (Wildman–Crippen LogP) is 2.45. The Labute approximate surface area is 126 Å². The molecule has 110 valence electrons. The van der Waals surface area contributed by atoms with Gasteiger partial charge < -0.3 is 9.47 Å². The molecule has 7 heteroatoms.